The molecular weight excluding hydrogens is 324 g/mol. The van der Waals surface area contributed by atoms with E-state index < -0.39 is 0 Å². The van der Waals surface area contributed by atoms with Crippen molar-refractivity contribution >= 4 is 17.2 Å². The number of benzene rings is 1. The molecule has 138 valence electrons. The van der Waals surface area contributed by atoms with E-state index in [0.717, 1.165) is 35.6 Å². The van der Waals surface area contributed by atoms with Crippen LogP contribution in [0.3, 0.4) is 0 Å². The predicted molar refractivity (Wildman–Crippen MR) is 111 cm³/mol. The monoisotopic (exact) mass is 358 g/mol. The van der Waals surface area contributed by atoms with Gasteiger partial charge in [0.15, 0.2) is 0 Å². The molecule has 3 rings (SSSR count). The van der Waals surface area contributed by atoms with Crippen molar-refractivity contribution in [3.8, 4) is 0 Å². The number of aryl methyl sites for hydroxylation is 1. The lowest BCUT2D eigenvalue weighted by Crippen LogP contribution is -2.24. The van der Waals surface area contributed by atoms with Crippen molar-refractivity contribution in [2.24, 2.45) is 17.8 Å². The second kappa shape index (κ2) is 8.76. The van der Waals surface area contributed by atoms with Crippen LogP contribution in [0.25, 0.3) is 5.57 Å². The summed E-state index contributed by atoms with van der Waals surface area (Å²) in [6.45, 7) is 6.95. The van der Waals surface area contributed by atoms with Gasteiger partial charge >= 0.3 is 0 Å². The summed E-state index contributed by atoms with van der Waals surface area (Å²) in [5.74, 6) is 2.92. The van der Waals surface area contributed by atoms with Gasteiger partial charge in [0.1, 0.15) is 0 Å². The summed E-state index contributed by atoms with van der Waals surface area (Å²) in [6, 6.07) is 6.78. The summed E-state index contributed by atoms with van der Waals surface area (Å²) in [6.07, 6.45) is 13.5. The fourth-order valence-electron chi connectivity index (χ4n) is 5.23. The quantitative estimate of drug-likeness (QED) is 0.498. The number of halogens is 1. The van der Waals surface area contributed by atoms with Gasteiger partial charge in [0.05, 0.1) is 0 Å². The molecule has 0 N–H and O–H groups in total. The molecule has 0 amide bonds. The van der Waals surface area contributed by atoms with Crippen LogP contribution in [0.2, 0.25) is 5.02 Å². The summed E-state index contributed by atoms with van der Waals surface area (Å²) in [7, 11) is 0. The SMILES string of the molecule is CCCc1ccc(C2=C(C)CC(C3CCC(CC)CC3)CC2)cc1Cl. The first-order chi connectivity index (χ1) is 12.1. The summed E-state index contributed by atoms with van der Waals surface area (Å²) < 4.78 is 0. The summed E-state index contributed by atoms with van der Waals surface area (Å²) in [5, 5.41) is 0.958. The number of hydrogen-bond acceptors (Lipinski definition) is 0. The zero-order valence-electron chi connectivity index (χ0n) is 16.4. The summed E-state index contributed by atoms with van der Waals surface area (Å²) in [5.41, 5.74) is 5.86. The van der Waals surface area contributed by atoms with E-state index in [4.69, 9.17) is 11.6 Å². The molecule has 0 bridgehead atoms. The second-order valence-corrected chi connectivity index (χ2v) is 8.91. The van der Waals surface area contributed by atoms with Crippen LogP contribution in [-0.4, -0.2) is 0 Å². The van der Waals surface area contributed by atoms with Gasteiger partial charge in [-0.25, -0.2) is 0 Å². The maximum Gasteiger partial charge on any atom is 0.0444 e. The van der Waals surface area contributed by atoms with E-state index in [1.807, 2.05) is 0 Å². The lowest BCUT2D eigenvalue weighted by atomic mass is 9.69. The third-order valence-corrected chi connectivity index (χ3v) is 7.26. The molecule has 0 radical (unpaired) electrons. The largest absolute Gasteiger partial charge is 0.0840 e. The molecule has 1 saturated carbocycles. The molecule has 1 unspecified atom stereocenters. The Morgan fingerprint density at radius 1 is 1.00 bits per heavy atom. The summed E-state index contributed by atoms with van der Waals surface area (Å²) >= 11 is 6.53. The van der Waals surface area contributed by atoms with Crippen LogP contribution < -0.4 is 0 Å². The minimum absolute atomic E-state index is 0.927. The van der Waals surface area contributed by atoms with Crippen LogP contribution >= 0.6 is 11.6 Å². The molecule has 1 atom stereocenters. The Hall–Kier alpha value is -0.750. The molecule has 0 nitrogen and oxygen atoms in total. The first kappa shape index (κ1) is 19.0. The first-order valence-corrected chi connectivity index (χ1v) is 11.0. The van der Waals surface area contributed by atoms with Gasteiger partial charge in [-0.05, 0) is 86.0 Å². The zero-order valence-corrected chi connectivity index (χ0v) is 17.2. The minimum atomic E-state index is 0.927. The van der Waals surface area contributed by atoms with Crippen LogP contribution in [-0.2, 0) is 6.42 Å². The van der Waals surface area contributed by atoms with Crippen molar-refractivity contribution in [3.63, 3.8) is 0 Å². The fourth-order valence-corrected chi connectivity index (χ4v) is 5.50. The van der Waals surface area contributed by atoms with Gasteiger partial charge in [0, 0.05) is 5.02 Å². The highest BCUT2D eigenvalue weighted by Crippen LogP contribution is 2.44. The fraction of sp³-hybridized carbons (Fsp3) is 0.667. The highest BCUT2D eigenvalue weighted by Gasteiger charge is 2.30. The van der Waals surface area contributed by atoms with Crippen molar-refractivity contribution in [3.05, 3.63) is 39.9 Å². The van der Waals surface area contributed by atoms with Gasteiger partial charge in [-0.15, -0.1) is 0 Å². The number of hydrogen-bond donors (Lipinski definition) is 0. The predicted octanol–water partition coefficient (Wildman–Crippen LogP) is 8.08. The normalized spacial score (nSPS) is 27.6. The summed E-state index contributed by atoms with van der Waals surface area (Å²) in [4.78, 5) is 0. The van der Waals surface area contributed by atoms with Crippen LogP contribution in [0, 0.1) is 17.8 Å². The van der Waals surface area contributed by atoms with Crippen LogP contribution in [0.15, 0.2) is 23.8 Å². The average molecular weight is 359 g/mol. The maximum absolute atomic E-state index is 6.53. The maximum atomic E-state index is 6.53. The van der Waals surface area contributed by atoms with Crippen LogP contribution in [0.4, 0.5) is 0 Å². The van der Waals surface area contributed by atoms with Gasteiger partial charge in [-0.2, -0.15) is 0 Å². The highest BCUT2D eigenvalue weighted by molar-refractivity contribution is 6.31. The lowest BCUT2D eigenvalue weighted by Gasteiger charge is -2.36. The van der Waals surface area contributed by atoms with E-state index in [9.17, 15) is 0 Å². The van der Waals surface area contributed by atoms with E-state index in [1.165, 1.54) is 62.5 Å². The molecule has 0 aromatic heterocycles. The van der Waals surface area contributed by atoms with Gasteiger partial charge in [0.25, 0.3) is 0 Å². The Balaban J connectivity index is 1.68. The molecule has 1 heteroatoms. The number of allylic oxidation sites excluding steroid dienone is 2. The third-order valence-electron chi connectivity index (χ3n) is 6.90. The smallest absolute Gasteiger partial charge is 0.0444 e. The molecule has 0 spiro atoms. The molecule has 0 aliphatic heterocycles. The molecule has 1 aromatic rings. The van der Waals surface area contributed by atoms with Crippen molar-refractivity contribution in [2.45, 2.75) is 85.0 Å². The van der Waals surface area contributed by atoms with E-state index in [-0.39, 0.29) is 0 Å². The van der Waals surface area contributed by atoms with Crippen LogP contribution in [0.1, 0.15) is 89.7 Å². The minimum Gasteiger partial charge on any atom is -0.0840 e. The highest BCUT2D eigenvalue weighted by atomic mass is 35.5. The Morgan fingerprint density at radius 2 is 1.76 bits per heavy atom. The topological polar surface area (TPSA) is 0 Å². The Kier molecular flexibility index (Phi) is 6.67. The van der Waals surface area contributed by atoms with Crippen molar-refractivity contribution in [2.75, 3.05) is 0 Å². The first-order valence-electron chi connectivity index (χ1n) is 10.6. The van der Waals surface area contributed by atoms with E-state index in [1.54, 1.807) is 11.1 Å². The average Bonchev–Trinajstić information content (AvgIpc) is 2.63. The molecule has 2 aliphatic carbocycles. The van der Waals surface area contributed by atoms with Gasteiger partial charge in [-0.1, -0.05) is 68.8 Å². The molecular formula is C24H35Cl. The third kappa shape index (κ3) is 4.51. The molecule has 25 heavy (non-hydrogen) atoms. The standard InChI is InChI=1S/C24H35Cl/c1-4-6-20-11-12-22(16-24(20)25)23-14-13-21(15-17(23)3)19-9-7-18(5-2)8-10-19/h11-12,16,18-19,21H,4-10,13-15H2,1-3H3. The van der Waals surface area contributed by atoms with Crippen molar-refractivity contribution < 1.29 is 0 Å². The molecule has 0 heterocycles. The van der Waals surface area contributed by atoms with Gasteiger partial charge in [-0.3, -0.25) is 0 Å². The molecule has 1 fully saturated rings. The van der Waals surface area contributed by atoms with Crippen molar-refractivity contribution in [1.29, 1.82) is 0 Å². The van der Waals surface area contributed by atoms with Gasteiger partial charge in [0.2, 0.25) is 0 Å². The molecule has 0 saturated heterocycles. The Morgan fingerprint density at radius 3 is 2.36 bits per heavy atom. The van der Waals surface area contributed by atoms with Crippen LogP contribution in [0.5, 0.6) is 0 Å². The van der Waals surface area contributed by atoms with Gasteiger partial charge < -0.3 is 0 Å². The lowest BCUT2D eigenvalue weighted by molar-refractivity contribution is 0.190. The molecule has 2 aliphatic rings. The van der Waals surface area contributed by atoms with E-state index in [2.05, 4.69) is 39.0 Å². The Labute approximate surface area is 160 Å². The van der Waals surface area contributed by atoms with E-state index >= 15 is 0 Å². The van der Waals surface area contributed by atoms with Crippen molar-refractivity contribution in [1.82, 2.24) is 0 Å². The zero-order chi connectivity index (χ0) is 17.8. The molecule has 1 aromatic carbocycles. The Bertz CT molecular complexity index is 605. The number of rotatable bonds is 5. The second-order valence-electron chi connectivity index (χ2n) is 8.51. The van der Waals surface area contributed by atoms with E-state index in [0.29, 0.717) is 0 Å².